The van der Waals surface area contributed by atoms with Crippen molar-refractivity contribution in [3.05, 3.63) is 59.7 Å². The molecule has 1 aliphatic rings. The van der Waals surface area contributed by atoms with Crippen molar-refractivity contribution in [1.82, 2.24) is 4.31 Å². The number of benzene rings is 2. The van der Waals surface area contributed by atoms with Gasteiger partial charge in [-0.05, 0) is 49.1 Å². The van der Waals surface area contributed by atoms with Crippen molar-refractivity contribution in [1.29, 1.82) is 0 Å². The van der Waals surface area contributed by atoms with Crippen molar-refractivity contribution in [3.63, 3.8) is 0 Å². The second-order valence-electron chi connectivity index (χ2n) is 6.46. The van der Waals surface area contributed by atoms with Crippen LogP contribution in [-0.4, -0.2) is 32.4 Å². The molecule has 0 spiro atoms. The van der Waals surface area contributed by atoms with E-state index < -0.39 is 26.7 Å². The topological polar surface area (TPSA) is 46.6 Å². The lowest BCUT2D eigenvalue weighted by molar-refractivity contribution is -0.139. The van der Waals surface area contributed by atoms with Crippen molar-refractivity contribution >= 4 is 10.0 Å². The Morgan fingerprint density at radius 1 is 1.11 bits per heavy atom. The summed E-state index contributed by atoms with van der Waals surface area (Å²) in [5.41, 5.74) is -0.216. The maximum Gasteiger partial charge on any atom is 0.417 e. The first-order valence-electron chi connectivity index (χ1n) is 8.54. The van der Waals surface area contributed by atoms with E-state index in [-0.39, 0.29) is 12.6 Å². The smallest absolute Gasteiger partial charge is 0.417 e. The lowest BCUT2D eigenvalue weighted by atomic mass is 10.0. The van der Waals surface area contributed by atoms with Crippen LogP contribution in [0.3, 0.4) is 0 Å². The van der Waals surface area contributed by atoms with Crippen molar-refractivity contribution in [3.8, 4) is 5.75 Å². The van der Waals surface area contributed by atoms with E-state index in [4.69, 9.17) is 4.74 Å². The molecule has 146 valence electrons. The van der Waals surface area contributed by atoms with Gasteiger partial charge in [0.25, 0.3) is 0 Å². The minimum absolute atomic E-state index is 0.218. The van der Waals surface area contributed by atoms with Gasteiger partial charge in [-0.25, -0.2) is 8.42 Å². The van der Waals surface area contributed by atoms with Crippen LogP contribution in [0.25, 0.3) is 0 Å². The monoisotopic (exact) mass is 399 g/mol. The van der Waals surface area contributed by atoms with Crippen LogP contribution in [0, 0.1) is 0 Å². The largest absolute Gasteiger partial charge is 0.497 e. The Labute approximate surface area is 156 Å². The second kappa shape index (κ2) is 7.52. The van der Waals surface area contributed by atoms with E-state index in [2.05, 4.69) is 0 Å². The predicted molar refractivity (Wildman–Crippen MR) is 95.1 cm³/mol. The average Bonchev–Trinajstić information content (AvgIpc) is 3.11. The number of methoxy groups -OCH3 is 1. The fraction of sp³-hybridized carbons (Fsp3) is 0.368. The number of halogens is 3. The zero-order valence-corrected chi connectivity index (χ0v) is 15.6. The summed E-state index contributed by atoms with van der Waals surface area (Å²) in [6, 6.07) is 11.2. The fourth-order valence-electron chi connectivity index (χ4n) is 3.42. The van der Waals surface area contributed by atoms with E-state index in [1.165, 1.54) is 16.4 Å². The number of hydrogen-bond donors (Lipinski definition) is 0. The molecule has 1 aliphatic heterocycles. The highest BCUT2D eigenvalue weighted by Crippen LogP contribution is 2.37. The van der Waals surface area contributed by atoms with Crippen molar-refractivity contribution < 1.29 is 26.3 Å². The van der Waals surface area contributed by atoms with Crippen molar-refractivity contribution in [2.75, 3.05) is 13.7 Å². The zero-order chi connectivity index (χ0) is 19.7. The third kappa shape index (κ3) is 4.11. The molecule has 1 saturated heterocycles. The molecule has 0 bridgehead atoms. The Balaban J connectivity index is 1.90. The van der Waals surface area contributed by atoms with Crippen LogP contribution in [0.2, 0.25) is 0 Å². The molecule has 0 radical (unpaired) electrons. The number of rotatable bonds is 5. The number of hydrogen-bond acceptors (Lipinski definition) is 3. The molecule has 0 amide bonds. The highest BCUT2D eigenvalue weighted by Gasteiger charge is 2.41. The Kier molecular flexibility index (Phi) is 5.48. The molecule has 4 nitrogen and oxygen atoms in total. The summed E-state index contributed by atoms with van der Waals surface area (Å²) < 4.78 is 72.2. The van der Waals surface area contributed by atoms with Gasteiger partial charge >= 0.3 is 6.18 Å². The molecule has 8 heteroatoms. The van der Waals surface area contributed by atoms with E-state index in [0.29, 0.717) is 25.0 Å². The molecule has 2 aromatic rings. The standard InChI is InChI=1S/C19H20F3NO3S/c1-26-16-10-8-14(9-11-16)13-15-5-4-12-23(15)27(24,25)18-7-3-2-6-17(18)19(20,21)22/h2-3,6-11,15H,4-5,12-13H2,1H3. The van der Waals surface area contributed by atoms with E-state index in [1.807, 2.05) is 12.1 Å². The van der Waals surface area contributed by atoms with Crippen LogP contribution >= 0.6 is 0 Å². The summed E-state index contributed by atoms with van der Waals surface area (Å²) in [7, 11) is -2.69. The van der Waals surface area contributed by atoms with Crippen LogP contribution in [-0.2, 0) is 22.6 Å². The number of sulfonamides is 1. The Bertz CT molecular complexity index is 895. The third-order valence-corrected chi connectivity index (χ3v) is 6.74. The van der Waals surface area contributed by atoms with E-state index >= 15 is 0 Å². The van der Waals surface area contributed by atoms with Crippen molar-refractivity contribution in [2.24, 2.45) is 0 Å². The van der Waals surface area contributed by atoms with Gasteiger partial charge in [0.05, 0.1) is 17.6 Å². The minimum atomic E-state index is -4.73. The van der Waals surface area contributed by atoms with Gasteiger partial charge in [0.1, 0.15) is 5.75 Å². The molecule has 0 aromatic heterocycles. The summed E-state index contributed by atoms with van der Waals surface area (Å²) >= 11 is 0. The molecular weight excluding hydrogens is 379 g/mol. The number of nitrogens with zero attached hydrogens (tertiary/aromatic N) is 1. The van der Waals surface area contributed by atoms with E-state index in [9.17, 15) is 21.6 Å². The zero-order valence-electron chi connectivity index (χ0n) is 14.7. The molecular formula is C19H20F3NO3S. The first-order valence-corrected chi connectivity index (χ1v) is 9.98. The van der Waals surface area contributed by atoms with Gasteiger partial charge in [-0.15, -0.1) is 0 Å². The normalized spacial score (nSPS) is 18.6. The van der Waals surface area contributed by atoms with Crippen LogP contribution < -0.4 is 4.74 Å². The number of alkyl halides is 3. The maximum atomic E-state index is 13.3. The average molecular weight is 399 g/mol. The molecule has 1 heterocycles. The van der Waals surface area contributed by atoms with Crippen LogP contribution in [0.5, 0.6) is 5.75 Å². The molecule has 1 unspecified atom stereocenters. The minimum Gasteiger partial charge on any atom is -0.497 e. The summed E-state index contributed by atoms with van der Waals surface area (Å²) in [6.07, 6.45) is -3.06. The molecule has 0 N–H and O–H groups in total. The Morgan fingerprint density at radius 2 is 1.78 bits per heavy atom. The Hall–Kier alpha value is -2.06. The SMILES string of the molecule is COc1ccc(CC2CCCN2S(=O)(=O)c2ccccc2C(F)(F)F)cc1. The lowest BCUT2D eigenvalue weighted by Crippen LogP contribution is -2.37. The summed E-state index contributed by atoms with van der Waals surface area (Å²) in [4.78, 5) is -0.681. The van der Waals surface area contributed by atoms with Gasteiger partial charge in [-0.3, -0.25) is 0 Å². The first-order chi connectivity index (χ1) is 12.7. The first kappa shape index (κ1) is 19.7. The molecule has 3 rings (SSSR count). The van der Waals surface area contributed by atoms with Gasteiger partial charge in [0.2, 0.25) is 10.0 Å². The van der Waals surface area contributed by atoms with Gasteiger partial charge in [0.15, 0.2) is 0 Å². The summed E-state index contributed by atoms with van der Waals surface area (Å²) in [6.45, 7) is 0.218. The summed E-state index contributed by atoms with van der Waals surface area (Å²) in [5, 5.41) is 0. The molecule has 0 saturated carbocycles. The highest BCUT2D eigenvalue weighted by molar-refractivity contribution is 7.89. The van der Waals surface area contributed by atoms with E-state index in [1.54, 1.807) is 19.2 Å². The second-order valence-corrected chi connectivity index (χ2v) is 8.32. The quantitative estimate of drug-likeness (QED) is 0.760. The molecule has 0 aliphatic carbocycles. The fourth-order valence-corrected chi connectivity index (χ4v) is 5.32. The third-order valence-electron chi connectivity index (χ3n) is 4.73. The maximum absolute atomic E-state index is 13.3. The highest BCUT2D eigenvalue weighted by atomic mass is 32.2. The molecule has 2 aromatic carbocycles. The summed E-state index contributed by atoms with van der Waals surface area (Å²) in [5.74, 6) is 0.689. The van der Waals surface area contributed by atoms with E-state index in [0.717, 1.165) is 17.7 Å². The molecule has 1 fully saturated rings. The van der Waals surface area contributed by atoms with Crippen molar-refractivity contribution in [2.45, 2.75) is 36.4 Å². The Morgan fingerprint density at radius 3 is 2.41 bits per heavy atom. The predicted octanol–water partition coefficient (Wildman–Crippen LogP) is 4.11. The molecule has 1 atom stereocenters. The van der Waals surface area contributed by atoms with Gasteiger partial charge < -0.3 is 4.74 Å². The van der Waals surface area contributed by atoms with Gasteiger partial charge in [0, 0.05) is 12.6 Å². The molecule has 27 heavy (non-hydrogen) atoms. The van der Waals surface area contributed by atoms with Crippen LogP contribution in [0.4, 0.5) is 13.2 Å². The lowest BCUT2D eigenvalue weighted by Gasteiger charge is -2.25. The van der Waals surface area contributed by atoms with Gasteiger partial charge in [-0.1, -0.05) is 24.3 Å². The number of ether oxygens (including phenoxy) is 1. The van der Waals surface area contributed by atoms with Crippen LogP contribution in [0.1, 0.15) is 24.0 Å². The van der Waals surface area contributed by atoms with Crippen LogP contribution in [0.15, 0.2) is 53.4 Å². The van der Waals surface area contributed by atoms with Gasteiger partial charge in [-0.2, -0.15) is 17.5 Å².